The summed E-state index contributed by atoms with van der Waals surface area (Å²) >= 11 is 0. The smallest absolute Gasteiger partial charge is 0.241 e. The Morgan fingerprint density at radius 3 is 2.89 bits per heavy atom. The molecule has 1 aromatic rings. The second-order valence-corrected chi connectivity index (χ2v) is 5.58. The number of carbonyl (C=O) groups excluding carboxylic acids is 1. The second kappa shape index (κ2) is 5.72. The van der Waals surface area contributed by atoms with Gasteiger partial charge in [-0.05, 0) is 38.3 Å². The monoisotopic (exact) mass is 262 g/mol. The molecule has 1 unspecified atom stereocenters. The Morgan fingerprint density at radius 1 is 1.42 bits per heavy atom. The molecule has 1 amide bonds. The first kappa shape index (κ1) is 14.0. The molecular weight excluding hydrogens is 240 g/mol. The van der Waals surface area contributed by atoms with Gasteiger partial charge in [-0.2, -0.15) is 0 Å². The first-order valence-corrected chi connectivity index (χ1v) is 6.69. The lowest BCUT2D eigenvalue weighted by Gasteiger charge is -2.26. The molecule has 1 aliphatic heterocycles. The van der Waals surface area contributed by atoms with Crippen LogP contribution in [-0.2, 0) is 16.0 Å². The van der Waals surface area contributed by atoms with E-state index in [1.165, 1.54) is 5.56 Å². The maximum Gasteiger partial charge on any atom is 0.241 e. The van der Waals surface area contributed by atoms with Crippen molar-refractivity contribution in [2.75, 3.05) is 19.0 Å². The summed E-state index contributed by atoms with van der Waals surface area (Å²) < 4.78 is 5.36. The summed E-state index contributed by atoms with van der Waals surface area (Å²) in [5, 5.41) is 6.28. The highest BCUT2D eigenvalue weighted by Crippen LogP contribution is 2.21. The summed E-state index contributed by atoms with van der Waals surface area (Å²) in [4.78, 5) is 12.2. The van der Waals surface area contributed by atoms with Crippen molar-refractivity contribution in [1.29, 1.82) is 0 Å². The van der Waals surface area contributed by atoms with Gasteiger partial charge in [-0.25, -0.2) is 0 Å². The van der Waals surface area contributed by atoms with Crippen LogP contribution in [0.25, 0.3) is 0 Å². The van der Waals surface area contributed by atoms with Crippen molar-refractivity contribution in [3.05, 3.63) is 29.8 Å². The van der Waals surface area contributed by atoms with E-state index in [-0.39, 0.29) is 17.6 Å². The van der Waals surface area contributed by atoms with Crippen LogP contribution >= 0.6 is 0 Å². The number of anilines is 1. The fourth-order valence-corrected chi connectivity index (χ4v) is 2.15. The molecule has 0 bridgehead atoms. The number of hydrogen-bond donors (Lipinski definition) is 2. The Labute approximate surface area is 114 Å². The molecule has 0 aliphatic carbocycles. The molecule has 0 spiro atoms. The number of carbonyl (C=O) groups is 1. The molecule has 104 valence electrons. The Morgan fingerprint density at radius 2 is 2.16 bits per heavy atom. The van der Waals surface area contributed by atoms with Crippen molar-refractivity contribution in [1.82, 2.24) is 5.32 Å². The molecule has 0 radical (unpaired) electrons. The molecule has 19 heavy (non-hydrogen) atoms. The highest BCUT2D eigenvalue weighted by molar-refractivity contribution is 5.96. The molecule has 2 rings (SSSR count). The van der Waals surface area contributed by atoms with Crippen LogP contribution in [0, 0.1) is 0 Å². The van der Waals surface area contributed by atoms with Gasteiger partial charge in [0.15, 0.2) is 0 Å². The second-order valence-electron chi connectivity index (χ2n) is 5.58. The fourth-order valence-electron chi connectivity index (χ4n) is 2.15. The quantitative estimate of drug-likeness (QED) is 0.872. The first-order chi connectivity index (χ1) is 9.02. The molecule has 1 heterocycles. The van der Waals surface area contributed by atoms with E-state index in [1.807, 2.05) is 32.0 Å². The number of amides is 1. The van der Waals surface area contributed by atoms with E-state index in [1.54, 1.807) is 7.11 Å². The van der Waals surface area contributed by atoms with Crippen LogP contribution in [0.4, 0.5) is 5.69 Å². The zero-order valence-electron chi connectivity index (χ0n) is 11.8. The topological polar surface area (TPSA) is 50.4 Å². The van der Waals surface area contributed by atoms with Gasteiger partial charge in [-0.3, -0.25) is 4.79 Å². The zero-order valence-corrected chi connectivity index (χ0v) is 11.8. The van der Waals surface area contributed by atoms with E-state index in [2.05, 4.69) is 16.7 Å². The van der Waals surface area contributed by atoms with E-state index in [9.17, 15) is 4.79 Å². The predicted octanol–water partition coefficient (Wildman–Crippen LogP) is 1.95. The largest absolute Gasteiger partial charge is 0.377 e. The Hall–Kier alpha value is -1.39. The van der Waals surface area contributed by atoms with Crippen LogP contribution in [0.3, 0.4) is 0 Å². The number of benzene rings is 1. The molecule has 0 saturated heterocycles. The van der Waals surface area contributed by atoms with Crippen LogP contribution in [0.5, 0.6) is 0 Å². The summed E-state index contributed by atoms with van der Waals surface area (Å²) in [6.45, 7) is 4.66. The Kier molecular flexibility index (Phi) is 4.22. The van der Waals surface area contributed by atoms with Gasteiger partial charge in [-0.1, -0.05) is 18.2 Å². The first-order valence-electron chi connectivity index (χ1n) is 6.69. The predicted molar refractivity (Wildman–Crippen MR) is 76.3 cm³/mol. The maximum atomic E-state index is 12.2. The maximum absolute atomic E-state index is 12.2. The van der Waals surface area contributed by atoms with Gasteiger partial charge in [0.05, 0.1) is 11.6 Å². The van der Waals surface area contributed by atoms with E-state index in [4.69, 9.17) is 4.74 Å². The fraction of sp³-hybridized carbons (Fsp3) is 0.533. The summed E-state index contributed by atoms with van der Waals surface area (Å²) in [7, 11) is 1.69. The van der Waals surface area contributed by atoms with Crippen molar-refractivity contribution in [3.8, 4) is 0 Å². The SMILES string of the molecule is COC(C)(C)CNC1CCc2ccccc2NC1=O. The van der Waals surface area contributed by atoms with E-state index >= 15 is 0 Å². The van der Waals surface area contributed by atoms with Crippen molar-refractivity contribution in [2.45, 2.75) is 38.3 Å². The molecule has 1 aromatic carbocycles. The molecular formula is C15H22N2O2. The van der Waals surface area contributed by atoms with Gasteiger partial charge < -0.3 is 15.4 Å². The lowest BCUT2D eigenvalue weighted by Crippen LogP contribution is -2.46. The molecule has 4 nitrogen and oxygen atoms in total. The molecule has 0 saturated carbocycles. The minimum absolute atomic E-state index is 0.0388. The minimum atomic E-state index is -0.264. The van der Waals surface area contributed by atoms with E-state index in [0.717, 1.165) is 18.5 Å². The number of fused-ring (bicyclic) bond motifs is 1. The molecule has 1 aliphatic rings. The number of ether oxygens (including phenoxy) is 1. The Balaban J connectivity index is 2.01. The van der Waals surface area contributed by atoms with Gasteiger partial charge in [0.1, 0.15) is 0 Å². The van der Waals surface area contributed by atoms with Gasteiger partial charge in [0.25, 0.3) is 0 Å². The number of methoxy groups -OCH3 is 1. The molecule has 1 atom stereocenters. The van der Waals surface area contributed by atoms with Crippen LogP contribution in [0.2, 0.25) is 0 Å². The third kappa shape index (κ3) is 3.55. The summed E-state index contributed by atoms with van der Waals surface area (Å²) in [5.74, 6) is 0.0388. The van der Waals surface area contributed by atoms with Crippen LogP contribution in [-0.4, -0.2) is 31.2 Å². The van der Waals surface area contributed by atoms with E-state index in [0.29, 0.717) is 6.54 Å². The van der Waals surface area contributed by atoms with Crippen molar-refractivity contribution < 1.29 is 9.53 Å². The average molecular weight is 262 g/mol. The summed E-state index contributed by atoms with van der Waals surface area (Å²) in [6.07, 6.45) is 1.71. The van der Waals surface area contributed by atoms with Crippen molar-refractivity contribution in [3.63, 3.8) is 0 Å². The third-order valence-electron chi connectivity index (χ3n) is 3.62. The minimum Gasteiger partial charge on any atom is -0.377 e. The van der Waals surface area contributed by atoms with Crippen LogP contribution in [0.1, 0.15) is 25.8 Å². The number of rotatable bonds is 4. The van der Waals surface area contributed by atoms with E-state index < -0.39 is 0 Å². The molecule has 2 N–H and O–H groups in total. The van der Waals surface area contributed by atoms with Gasteiger partial charge >= 0.3 is 0 Å². The molecule has 0 aromatic heterocycles. The lowest BCUT2D eigenvalue weighted by molar-refractivity contribution is -0.118. The summed E-state index contributed by atoms with van der Waals surface area (Å²) in [6, 6.07) is 7.81. The molecule has 4 heteroatoms. The highest BCUT2D eigenvalue weighted by atomic mass is 16.5. The standard InChI is InChI=1S/C15H22N2O2/c1-15(2,19-3)10-16-13-9-8-11-6-4-5-7-12(11)17-14(13)18/h4-7,13,16H,8-10H2,1-3H3,(H,17,18). The van der Waals surface area contributed by atoms with Crippen LogP contribution < -0.4 is 10.6 Å². The van der Waals surface area contributed by atoms with Crippen LogP contribution in [0.15, 0.2) is 24.3 Å². The van der Waals surface area contributed by atoms with Crippen molar-refractivity contribution >= 4 is 11.6 Å². The van der Waals surface area contributed by atoms with Crippen molar-refractivity contribution in [2.24, 2.45) is 0 Å². The number of hydrogen-bond acceptors (Lipinski definition) is 3. The Bertz CT molecular complexity index is 457. The van der Waals surface area contributed by atoms with Gasteiger partial charge in [0, 0.05) is 19.3 Å². The molecule has 0 fully saturated rings. The third-order valence-corrected chi connectivity index (χ3v) is 3.62. The normalized spacial score (nSPS) is 19.5. The van der Waals surface area contributed by atoms with Gasteiger partial charge in [0.2, 0.25) is 5.91 Å². The zero-order chi connectivity index (χ0) is 13.9. The highest BCUT2D eigenvalue weighted by Gasteiger charge is 2.25. The number of para-hydroxylation sites is 1. The number of aryl methyl sites for hydroxylation is 1. The average Bonchev–Trinajstić information content (AvgIpc) is 2.55. The summed E-state index contributed by atoms with van der Waals surface area (Å²) in [5.41, 5.74) is 1.87. The number of nitrogens with one attached hydrogen (secondary N) is 2. The van der Waals surface area contributed by atoms with Gasteiger partial charge in [-0.15, -0.1) is 0 Å². The lowest BCUT2D eigenvalue weighted by atomic mass is 10.0.